The molecule has 2 rings (SSSR count). The highest BCUT2D eigenvalue weighted by molar-refractivity contribution is 5.76. The van der Waals surface area contributed by atoms with Gasteiger partial charge in [0.15, 0.2) is 0 Å². The Morgan fingerprint density at radius 1 is 1.45 bits per heavy atom. The van der Waals surface area contributed by atoms with E-state index in [1.165, 1.54) is 4.90 Å². The average Bonchev–Trinajstić information content (AvgIpc) is 2.51. The fourth-order valence-electron chi connectivity index (χ4n) is 2.41. The van der Waals surface area contributed by atoms with Crippen molar-refractivity contribution >= 4 is 5.91 Å². The molecule has 1 saturated heterocycles. The summed E-state index contributed by atoms with van der Waals surface area (Å²) in [5.74, 6) is -0.452. The molecule has 0 aromatic carbocycles. The summed E-state index contributed by atoms with van der Waals surface area (Å²) in [4.78, 5) is 17.3. The van der Waals surface area contributed by atoms with E-state index in [-0.39, 0.29) is 6.10 Å². The molecule has 1 amide bonds. The lowest BCUT2D eigenvalue weighted by Crippen LogP contribution is -2.43. The van der Waals surface area contributed by atoms with Gasteiger partial charge in [0.1, 0.15) is 0 Å². The first-order chi connectivity index (χ1) is 10.4. The fraction of sp³-hybridized carbons (Fsp3) is 0.600. The summed E-state index contributed by atoms with van der Waals surface area (Å²) in [6.07, 6.45) is -1.05. The van der Waals surface area contributed by atoms with Crippen molar-refractivity contribution < 1.29 is 22.7 Å². The Balaban J connectivity index is 1.77. The van der Waals surface area contributed by atoms with Crippen LogP contribution in [0.3, 0.4) is 0 Å². The van der Waals surface area contributed by atoms with E-state index in [1.54, 1.807) is 12.4 Å². The lowest BCUT2D eigenvalue weighted by Gasteiger charge is -2.32. The number of aromatic nitrogens is 1. The molecule has 1 unspecified atom stereocenters. The van der Waals surface area contributed by atoms with Crippen LogP contribution in [0.2, 0.25) is 0 Å². The normalized spacial score (nSPS) is 19.2. The van der Waals surface area contributed by atoms with Gasteiger partial charge < -0.3 is 9.64 Å². The number of pyridine rings is 1. The molecule has 0 bridgehead atoms. The van der Waals surface area contributed by atoms with Gasteiger partial charge in [0, 0.05) is 31.9 Å². The molecule has 1 aliphatic heterocycles. The molecule has 0 radical (unpaired) electrons. The molecule has 1 aromatic rings. The SMILES string of the molecule is O=C(CCC(F)(F)F)N1CCCC(OCc2cccnc2)C1. The summed E-state index contributed by atoms with van der Waals surface area (Å²) in [5.41, 5.74) is 0.933. The maximum Gasteiger partial charge on any atom is 0.389 e. The topological polar surface area (TPSA) is 42.4 Å². The number of nitrogens with zero attached hydrogens (tertiary/aromatic N) is 2. The maximum absolute atomic E-state index is 12.2. The number of ether oxygens (including phenoxy) is 1. The van der Waals surface area contributed by atoms with Crippen molar-refractivity contribution in [2.24, 2.45) is 0 Å². The van der Waals surface area contributed by atoms with Crippen LogP contribution < -0.4 is 0 Å². The van der Waals surface area contributed by atoms with Crippen molar-refractivity contribution in [3.8, 4) is 0 Å². The van der Waals surface area contributed by atoms with Gasteiger partial charge in [0.2, 0.25) is 5.91 Å². The minimum atomic E-state index is -4.29. The third kappa shape index (κ3) is 5.63. The lowest BCUT2D eigenvalue weighted by atomic mass is 10.1. The lowest BCUT2D eigenvalue weighted by molar-refractivity contribution is -0.151. The van der Waals surface area contributed by atoms with E-state index in [2.05, 4.69) is 4.98 Å². The van der Waals surface area contributed by atoms with Gasteiger partial charge in [0.25, 0.3) is 0 Å². The van der Waals surface area contributed by atoms with Gasteiger partial charge in [-0.3, -0.25) is 9.78 Å². The summed E-state index contributed by atoms with van der Waals surface area (Å²) in [6, 6.07) is 3.70. The predicted molar refractivity (Wildman–Crippen MR) is 73.9 cm³/mol. The smallest absolute Gasteiger partial charge is 0.372 e. The Morgan fingerprint density at radius 2 is 2.27 bits per heavy atom. The first kappa shape index (κ1) is 16.7. The van der Waals surface area contributed by atoms with Crippen molar-refractivity contribution in [3.05, 3.63) is 30.1 Å². The Bertz CT molecular complexity index is 479. The average molecular weight is 316 g/mol. The largest absolute Gasteiger partial charge is 0.389 e. The second kappa shape index (κ2) is 7.58. The quantitative estimate of drug-likeness (QED) is 0.839. The molecule has 0 N–H and O–H groups in total. The van der Waals surface area contributed by atoms with Gasteiger partial charge in [-0.05, 0) is 24.5 Å². The molecular weight excluding hydrogens is 297 g/mol. The molecule has 2 heterocycles. The van der Waals surface area contributed by atoms with E-state index in [4.69, 9.17) is 4.74 Å². The summed E-state index contributed by atoms with van der Waals surface area (Å²) >= 11 is 0. The molecule has 1 aromatic heterocycles. The molecule has 1 atom stereocenters. The maximum atomic E-state index is 12.2. The van der Waals surface area contributed by atoms with E-state index in [9.17, 15) is 18.0 Å². The monoisotopic (exact) mass is 316 g/mol. The van der Waals surface area contributed by atoms with Crippen LogP contribution in [0.15, 0.2) is 24.5 Å². The molecule has 0 aliphatic carbocycles. The van der Waals surface area contributed by atoms with E-state index in [0.717, 1.165) is 18.4 Å². The van der Waals surface area contributed by atoms with Crippen molar-refractivity contribution in [3.63, 3.8) is 0 Å². The Labute approximate surface area is 127 Å². The van der Waals surface area contributed by atoms with Crippen LogP contribution in [0.4, 0.5) is 13.2 Å². The second-order valence-corrected chi connectivity index (χ2v) is 5.39. The third-order valence-corrected chi connectivity index (χ3v) is 3.56. The van der Waals surface area contributed by atoms with Crippen LogP contribution >= 0.6 is 0 Å². The molecule has 0 saturated carbocycles. The molecule has 4 nitrogen and oxygen atoms in total. The van der Waals surface area contributed by atoms with Crippen molar-refractivity contribution in [1.29, 1.82) is 0 Å². The molecular formula is C15H19F3N2O2. The molecule has 122 valence electrons. The fourth-order valence-corrected chi connectivity index (χ4v) is 2.41. The minimum absolute atomic E-state index is 0.135. The van der Waals surface area contributed by atoms with Gasteiger partial charge in [-0.25, -0.2) is 0 Å². The molecule has 0 spiro atoms. The molecule has 22 heavy (non-hydrogen) atoms. The second-order valence-electron chi connectivity index (χ2n) is 5.39. The zero-order chi connectivity index (χ0) is 16.0. The van der Waals surface area contributed by atoms with E-state index < -0.39 is 24.9 Å². The van der Waals surface area contributed by atoms with Crippen LogP contribution in [-0.4, -0.2) is 41.2 Å². The zero-order valence-electron chi connectivity index (χ0n) is 12.2. The highest BCUT2D eigenvalue weighted by atomic mass is 19.4. The highest BCUT2D eigenvalue weighted by Gasteiger charge is 2.30. The van der Waals surface area contributed by atoms with Crippen LogP contribution in [0.5, 0.6) is 0 Å². The summed E-state index contributed by atoms with van der Waals surface area (Å²) < 4.78 is 42.2. The summed E-state index contributed by atoms with van der Waals surface area (Å²) in [5, 5.41) is 0. The van der Waals surface area contributed by atoms with Gasteiger partial charge in [-0.15, -0.1) is 0 Å². The van der Waals surface area contributed by atoms with Gasteiger partial charge >= 0.3 is 6.18 Å². The summed E-state index contributed by atoms with van der Waals surface area (Å²) in [7, 11) is 0. The van der Waals surface area contributed by atoms with Crippen molar-refractivity contribution in [1.82, 2.24) is 9.88 Å². The number of likely N-dealkylation sites (tertiary alicyclic amines) is 1. The van der Waals surface area contributed by atoms with Crippen LogP contribution in [0, 0.1) is 0 Å². The summed E-state index contributed by atoms with van der Waals surface area (Å²) in [6.45, 7) is 1.25. The van der Waals surface area contributed by atoms with Crippen molar-refractivity contribution in [2.75, 3.05) is 13.1 Å². The number of amides is 1. The Hall–Kier alpha value is -1.63. The Morgan fingerprint density at radius 3 is 2.95 bits per heavy atom. The highest BCUT2D eigenvalue weighted by Crippen LogP contribution is 2.23. The minimum Gasteiger partial charge on any atom is -0.372 e. The molecule has 1 fully saturated rings. The molecule has 1 aliphatic rings. The zero-order valence-corrected chi connectivity index (χ0v) is 12.2. The standard InChI is InChI=1S/C15H19F3N2O2/c16-15(17,18)6-5-14(21)20-8-2-4-13(10-20)22-11-12-3-1-7-19-9-12/h1,3,7,9,13H,2,4-6,8,10-11H2. The first-order valence-corrected chi connectivity index (χ1v) is 7.29. The van der Waals surface area contributed by atoms with E-state index >= 15 is 0 Å². The van der Waals surface area contributed by atoms with Gasteiger partial charge in [-0.2, -0.15) is 13.2 Å². The first-order valence-electron chi connectivity index (χ1n) is 7.29. The van der Waals surface area contributed by atoms with E-state index in [1.807, 2.05) is 12.1 Å². The predicted octanol–water partition coefficient (Wildman–Crippen LogP) is 2.93. The van der Waals surface area contributed by atoms with Crippen molar-refractivity contribution in [2.45, 2.75) is 44.6 Å². The van der Waals surface area contributed by atoms with E-state index in [0.29, 0.717) is 19.7 Å². The number of alkyl halides is 3. The number of carbonyl (C=O) groups is 1. The third-order valence-electron chi connectivity index (χ3n) is 3.56. The number of hydrogen-bond donors (Lipinski definition) is 0. The number of carbonyl (C=O) groups excluding carboxylic acids is 1. The van der Waals surface area contributed by atoms with Gasteiger partial charge in [-0.1, -0.05) is 6.07 Å². The Kier molecular flexibility index (Phi) is 5.76. The van der Waals surface area contributed by atoms with Crippen LogP contribution in [-0.2, 0) is 16.1 Å². The number of halogens is 3. The van der Waals surface area contributed by atoms with Crippen LogP contribution in [0.1, 0.15) is 31.2 Å². The van der Waals surface area contributed by atoms with Crippen LogP contribution in [0.25, 0.3) is 0 Å². The number of hydrogen-bond acceptors (Lipinski definition) is 3. The van der Waals surface area contributed by atoms with Gasteiger partial charge in [0.05, 0.1) is 19.1 Å². The number of rotatable bonds is 5. The number of piperidine rings is 1. The molecule has 7 heteroatoms.